The molecule has 1 aromatic rings. The van der Waals surface area contributed by atoms with Crippen LogP contribution < -0.4 is 10.0 Å². The molecule has 0 heterocycles. The Bertz CT molecular complexity index is 545. The Morgan fingerprint density at radius 3 is 2.05 bits per heavy atom. The molecule has 0 radical (unpaired) electrons. The summed E-state index contributed by atoms with van der Waals surface area (Å²) in [6.45, 7) is 10.9. The Labute approximate surface area is 129 Å². The van der Waals surface area contributed by atoms with E-state index in [1.807, 2.05) is 26.1 Å². The highest BCUT2D eigenvalue weighted by molar-refractivity contribution is 7.89. The number of hydrogen-bond donors (Lipinski definition) is 2. The van der Waals surface area contributed by atoms with Crippen molar-refractivity contribution in [2.75, 3.05) is 13.6 Å². The van der Waals surface area contributed by atoms with Crippen molar-refractivity contribution in [2.45, 2.75) is 45.6 Å². The molecule has 0 saturated carbocycles. The van der Waals surface area contributed by atoms with Crippen LogP contribution in [-0.4, -0.2) is 22.0 Å². The fourth-order valence-electron chi connectivity index (χ4n) is 1.73. The smallest absolute Gasteiger partial charge is 0.240 e. The standard InChI is InChI=1S/C16H28N2O2S/c1-12(16(3,4)5)11-18-21(19,20)15-9-7-14(8-10-15)13(2)17-6/h7-10,12-13,17-18H,11H2,1-6H3. The molecule has 120 valence electrons. The van der Waals surface area contributed by atoms with Gasteiger partial charge in [0.15, 0.2) is 0 Å². The molecule has 0 aliphatic rings. The minimum absolute atomic E-state index is 0.0780. The lowest BCUT2D eigenvalue weighted by atomic mass is 9.82. The Morgan fingerprint density at radius 1 is 1.10 bits per heavy atom. The molecule has 4 nitrogen and oxygen atoms in total. The molecule has 0 saturated heterocycles. The second kappa shape index (κ2) is 6.90. The summed E-state index contributed by atoms with van der Waals surface area (Å²) in [5.41, 5.74) is 1.15. The minimum atomic E-state index is -3.44. The maximum atomic E-state index is 12.3. The van der Waals surface area contributed by atoms with E-state index < -0.39 is 10.0 Å². The van der Waals surface area contributed by atoms with E-state index in [1.165, 1.54) is 0 Å². The highest BCUT2D eigenvalue weighted by Crippen LogP contribution is 2.25. The van der Waals surface area contributed by atoms with Crippen molar-refractivity contribution >= 4 is 10.0 Å². The summed E-state index contributed by atoms with van der Waals surface area (Å²) in [5, 5.41) is 3.13. The molecular formula is C16H28N2O2S. The predicted octanol–water partition coefficient (Wildman–Crippen LogP) is 2.93. The maximum absolute atomic E-state index is 12.3. The molecule has 2 unspecified atom stereocenters. The van der Waals surface area contributed by atoms with Gasteiger partial charge in [-0.05, 0) is 43.0 Å². The van der Waals surface area contributed by atoms with Crippen LogP contribution in [0.15, 0.2) is 29.2 Å². The summed E-state index contributed by atoms with van der Waals surface area (Å²) in [5.74, 6) is 0.260. The predicted molar refractivity (Wildman–Crippen MR) is 87.7 cm³/mol. The molecule has 5 heteroatoms. The average Bonchev–Trinajstić information content (AvgIpc) is 2.43. The Hall–Kier alpha value is -0.910. The highest BCUT2D eigenvalue weighted by atomic mass is 32.2. The van der Waals surface area contributed by atoms with E-state index in [4.69, 9.17) is 0 Å². The van der Waals surface area contributed by atoms with Crippen molar-refractivity contribution in [1.82, 2.24) is 10.0 Å². The molecule has 21 heavy (non-hydrogen) atoms. The monoisotopic (exact) mass is 312 g/mol. The van der Waals surface area contributed by atoms with E-state index in [-0.39, 0.29) is 17.4 Å². The van der Waals surface area contributed by atoms with E-state index in [0.717, 1.165) is 5.56 Å². The lowest BCUT2D eigenvalue weighted by Crippen LogP contribution is -2.33. The summed E-state index contributed by atoms with van der Waals surface area (Å²) in [4.78, 5) is 0.315. The van der Waals surface area contributed by atoms with E-state index in [1.54, 1.807) is 12.1 Å². The van der Waals surface area contributed by atoms with Crippen LogP contribution in [0, 0.1) is 11.3 Å². The number of nitrogens with one attached hydrogen (secondary N) is 2. The topological polar surface area (TPSA) is 58.2 Å². The summed E-state index contributed by atoms with van der Waals surface area (Å²) in [7, 11) is -1.56. The van der Waals surface area contributed by atoms with Crippen molar-refractivity contribution in [3.8, 4) is 0 Å². The average molecular weight is 312 g/mol. The van der Waals surface area contributed by atoms with Gasteiger partial charge >= 0.3 is 0 Å². The fraction of sp³-hybridized carbons (Fsp3) is 0.625. The lowest BCUT2D eigenvalue weighted by molar-refractivity contribution is 0.263. The van der Waals surface area contributed by atoms with E-state index in [2.05, 4.69) is 37.7 Å². The summed E-state index contributed by atoms with van der Waals surface area (Å²) >= 11 is 0. The first-order valence-corrected chi connectivity index (χ1v) is 8.83. The zero-order valence-electron chi connectivity index (χ0n) is 13.9. The zero-order valence-corrected chi connectivity index (χ0v) is 14.7. The molecule has 0 aromatic heterocycles. The molecule has 0 spiro atoms. The van der Waals surface area contributed by atoms with Crippen molar-refractivity contribution in [3.05, 3.63) is 29.8 Å². The Balaban J connectivity index is 2.79. The second-order valence-electron chi connectivity index (χ2n) is 6.70. The molecule has 0 fully saturated rings. The van der Waals surface area contributed by atoms with Crippen LogP contribution in [0.4, 0.5) is 0 Å². The van der Waals surface area contributed by atoms with Crippen molar-refractivity contribution in [1.29, 1.82) is 0 Å². The number of hydrogen-bond acceptors (Lipinski definition) is 3. The van der Waals surface area contributed by atoms with Gasteiger partial charge in [-0.1, -0.05) is 39.8 Å². The van der Waals surface area contributed by atoms with Crippen LogP contribution >= 0.6 is 0 Å². The molecule has 1 aromatic carbocycles. The van der Waals surface area contributed by atoms with Gasteiger partial charge in [0.1, 0.15) is 0 Å². The third kappa shape index (κ3) is 5.09. The van der Waals surface area contributed by atoms with E-state index in [9.17, 15) is 8.42 Å². The maximum Gasteiger partial charge on any atom is 0.240 e. The minimum Gasteiger partial charge on any atom is -0.313 e. The lowest BCUT2D eigenvalue weighted by Gasteiger charge is -2.27. The normalized spacial score (nSPS) is 15.7. The first-order chi connectivity index (χ1) is 9.58. The van der Waals surface area contributed by atoms with Gasteiger partial charge in [-0.3, -0.25) is 0 Å². The van der Waals surface area contributed by atoms with Gasteiger partial charge in [0.05, 0.1) is 4.90 Å². The summed E-state index contributed by atoms with van der Waals surface area (Å²) in [6.07, 6.45) is 0. The van der Waals surface area contributed by atoms with Crippen molar-refractivity contribution in [2.24, 2.45) is 11.3 Å². The largest absolute Gasteiger partial charge is 0.313 e. The second-order valence-corrected chi connectivity index (χ2v) is 8.47. The van der Waals surface area contributed by atoms with Gasteiger partial charge in [0.2, 0.25) is 10.0 Å². The molecule has 0 bridgehead atoms. The van der Waals surface area contributed by atoms with Crippen LogP contribution in [-0.2, 0) is 10.0 Å². The number of benzene rings is 1. The highest BCUT2D eigenvalue weighted by Gasteiger charge is 2.22. The summed E-state index contributed by atoms with van der Waals surface area (Å²) in [6, 6.07) is 7.22. The molecule has 0 amide bonds. The quantitative estimate of drug-likeness (QED) is 0.849. The van der Waals surface area contributed by atoms with Crippen molar-refractivity contribution < 1.29 is 8.42 Å². The number of sulfonamides is 1. The van der Waals surface area contributed by atoms with Gasteiger partial charge in [0.25, 0.3) is 0 Å². The van der Waals surface area contributed by atoms with Gasteiger partial charge in [-0.2, -0.15) is 0 Å². The third-order valence-corrected chi connectivity index (χ3v) is 5.62. The molecular weight excluding hydrogens is 284 g/mol. The Kier molecular flexibility index (Phi) is 5.96. The van der Waals surface area contributed by atoms with Crippen LogP contribution in [0.3, 0.4) is 0 Å². The first-order valence-electron chi connectivity index (χ1n) is 7.35. The number of rotatable bonds is 6. The molecule has 2 N–H and O–H groups in total. The molecule has 0 aliphatic heterocycles. The fourth-order valence-corrected chi connectivity index (χ4v) is 2.86. The zero-order chi connectivity index (χ0) is 16.3. The first kappa shape index (κ1) is 18.1. The SMILES string of the molecule is CNC(C)c1ccc(S(=O)(=O)NCC(C)C(C)(C)C)cc1. The molecule has 1 rings (SSSR count). The third-order valence-electron chi connectivity index (χ3n) is 4.18. The van der Waals surface area contributed by atoms with Crippen molar-refractivity contribution in [3.63, 3.8) is 0 Å². The van der Waals surface area contributed by atoms with Gasteiger partial charge in [-0.25, -0.2) is 13.1 Å². The van der Waals surface area contributed by atoms with Gasteiger partial charge < -0.3 is 5.32 Å². The van der Waals surface area contributed by atoms with E-state index in [0.29, 0.717) is 11.4 Å². The van der Waals surface area contributed by atoms with Crippen LogP contribution in [0.1, 0.15) is 46.2 Å². The summed E-state index contributed by atoms with van der Waals surface area (Å²) < 4.78 is 27.3. The van der Waals surface area contributed by atoms with Gasteiger partial charge in [-0.15, -0.1) is 0 Å². The van der Waals surface area contributed by atoms with E-state index >= 15 is 0 Å². The van der Waals surface area contributed by atoms with Gasteiger partial charge in [0, 0.05) is 12.6 Å². The van der Waals surface area contributed by atoms with Crippen LogP contribution in [0.2, 0.25) is 0 Å². The van der Waals surface area contributed by atoms with Crippen LogP contribution in [0.5, 0.6) is 0 Å². The Morgan fingerprint density at radius 2 is 1.62 bits per heavy atom. The molecule has 0 aliphatic carbocycles. The molecule has 2 atom stereocenters. The van der Waals surface area contributed by atoms with Crippen LogP contribution in [0.25, 0.3) is 0 Å².